The van der Waals surface area contributed by atoms with Crippen LogP contribution in [0.3, 0.4) is 0 Å². The van der Waals surface area contributed by atoms with Gasteiger partial charge < -0.3 is 4.74 Å². The third-order valence-corrected chi connectivity index (χ3v) is 1.98. The molecule has 3 heteroatoms. The Kier molecular flexibility index (Phi) is 8.20. The first kappa shape index (κ1) is 11.9. The van der Waals surface area contributed by atoms with Crippen LogP contribution in [0.2, 0.25) is 0 Å². The summed E-state index contributed by atoms with van der Waals surface area (Å²) in [4.78, 5) is 17.9. The number of carbonyl (C=O) groups is 2. The van der Waals surface area contributed by atoms with E-state index in [2.05, 4.69) is 23.8 Å². The normalized spacial score (nSPS) is 16.4. The number of ether oxygens (including phenoxy) is 1. The number of hydrogen-bond donors (Lipinski definition) is 0. The molecule has 0 atom stereocenters. The summed E-state index contributed by atoms with van der Waals surface area (Å²) < 4.78 is 3.47. The van der Waals surface area contributed by atoms with E-state index in [1.54, 1.807) is 0 Å². The van der Waals surface area contributed by atoms with Gasteiger partial charge in [-0.05, 0) is 25.7 Å². The highest BCUT2D eigenvalue weighted by Gasteiger charge is 2.09. The molecule has 0 aliphatic heterocycles. The van der Waals surface area contributed by atoms with Crippen LogP contribution in [-0.4, -0.2) is 12.9 Å². The first-order valence-electron chi connectivity index (χ1n) is 4.50. The van der Waals surface area contributed by atoms with Crippen LogP contribution in [0.5, 0.6) is 0 Å². The minimum absolute atomic E-state index is 0.0625. The fraction of sp³-hybridized carbons (Fsp3) is 0.600. The van der Waals surface area contributed by atoms with Crippen molar-refractivity contribution in [2.45, 2.75) is 32.6 Å². The van der Waals surface area contributed by atoms with Crippen molar-refractivity contribution in [3.63, 3.8) is 0 Å². The van der Waals surface area contributed by atoms with Crippen LogP contribution in [0, 0.1) is 5.92 Å². The Morgan fingerprint density at radius 1 is 1.15 bits per heavy atom. The summed E-state index contributed by atoms with van der Waals surface area (Å²) in [5, 5.41) is 0. The third kappa shape index (κ3) is 7.25. The molecule has 3 nitrogen and oxygen atoms in total. The number of carbonyl (C=O) groups excluding carboxylic acids is 2. The molecule has 0 radical (unpaired) electrons. The Bertz CT molecular complexity index is 152. The van der Waals surface area contributed by atoms with Crippen molar-refractivity contribution in [2.24, 2.45) is 5.92 Å². The van der Waals surface area contributed by atoms with Crippen molar-refractivity contribution in [1.29, 1.82) is 0 Å². The fourth-order valence-corrected chi connectivity index (χ4v) is 1.44. The molecule has 0 bridgehead atoms. The topological polar surface area (TPSA) is 43.4 Å². The van der Waals surface area contributed by atoms with Crippen molar-refractivity contribution >= 4 is 12.9 Å². The largest absolute Gasteiger partial charge is 0.398 e. The van der Waals surface area contributed by atoms with Crippen molar-refractivity contribution < 1.29 is 14.3 Å². The molecule has 1 aliphatic carbocycles. The molecule has 0 spiro atoms. The molecule has 0 saturated heterocycles. The maximum Gasteiger partial charge on any atom is 0.300 e. The minimum Gasteiger partial charge on any atom is -0.398 e. The van der Waals surface area contributed by atoms with Crippen LogP contribution in [-0.2, 0) is 14.3 Å². The molecule has 74 valence electrons. The van der Waals surface area contributed by atoms with Crippen LogP contribution in [0.1, 0.15) is 32.6 Å². The van der Waals surface area contributed by atoms with E-state index in [0.717, 1.165) is 5.92 Å². The molecule has 1 rings (SSSR count). The van der Waals surface area contributed by atoms with Gasteiger partial charge in [0.15, 0.2) is 0 Å². The van der Waals surface area contributed by atoms with E-state index in [1.807, 2.05) is 0 Å². The molecule has 0 aromatic heterocycles. The van der Waals surface area contributed by atoms with Gasteiger partial charge in [-0.3, -0.25) is 9.59 Å². The fourth-order valence-electron chi connectivity index (χ4n) is 1.44. The van der Waals surface area contributed by atoms with E-state index in [9.17, 15) is 0 Å². The van der Waals surface area contributed by atoms with Crippen LogP contribution in [0.15, 0.2) is 12.2 Å². The van der Waals surface area contributed by atoms with E-state index < -0.39 is 0 Å². The second-order valence-corrected chi connectivity index (χ2v) is 2.90. The molecule has 0 heterocycles. The highest BCUT2D eigenvalue weighted by Crippen LogP contribution is 2.25. The lowest BCUT2D eigenvalue weighted by atomic mass is 10.1. The Morgan fingerprint density at radius 2 is 1.69 bits per heavy atom. The maximum atomic E-state index is 8.95. The first-order valence-corrected chi connectivity index (χ1v) is 4.50. The quantitative estimate of drug-likeness (QED) is 0.383. The average molecular weight is 184 g/mol. The zero-order valence-corrected chi connectivity index (χ0v) is 7.94. The lowest BCUT2D eigenvalue weighted by molar-refractivity contribution is -0.141. The molecule has 13 heavy (non-hydrogen) atoms. The van der Waals surface area contributed by atoms with Crippen LogP contribution < -0.4 is 0 Å². The van der Waals surface area contributed by atoms with Gasteiger partial charge in [-0.1, -0.05) is 25.0 Å². The Labute approximate surface area is 78.8 Å². The lowest BCUT2D eigenvalue weighted by Crippen LogP contribution is -1.83. The van der Waals surface area contributed by atoms with Crippen molar-refractivity contribution in [3.05, 3.63) is 12.2 Å². The lowest BCUT2D eigenvalue weighted by Gasteiger charge is -1.96. The Balaban J connectivity index is 0.000000252. The van der Waals surface area contributed by atoms with Gasteiger partial charge in [0.05, 0.1) is 0 Å². The Morgan fingerprint density at radius 3 is 2.00 bits per heavy atom. The van der Waals surface area contributed by atoms with Crippen LogP contribution in [0.4, 0.5) is 0 Å². The van der Waals surface area contributed by atoms with Gasteiger partial charge in [0, 0.05) is 0 Å². The van der Waals surface area contributed by atoms with E-state index in [-0.39, 0.29) is 12.9 Å². The molecule has 0 amide bonds. The molecule has 0 unspecified atom stereocenters. The van der Waals surface area contributed by atoms with Crippen LogP contribution >= 0.6 is 0 Å². The summed E-state index contributed by atoms with van der Waals surface area (Å²) >= 11 is 0. The minimum atomic E-state index is 0.0625. The van der Waals surface area contributed by atoms with E-state index in [4.69, 9.17) is 9.59 Å². The molecule has 0 aromatic rings. The third-order valence-electron chi connectivity index (χ3n) is 1.98. The summed E-state index contributed by atoms with van der Waals surface area (Å²) in [6, 6.07) is 0. The molecule has 1 saturated carbocycles. The summed E-state index contributed by atoms with van der Waals surface area (Å²) in [5.74, 6) is 0.931. The van der Waals surface area contributed by atoms with Crippen molar-refractivity contribution in [3.8, 4) is 0 Å². The Hall–Kier alpha value is -1.12. The van der Waals surface area contributed by atoms with E-state index in [0.29, 0.717) is 0 Å². The molecule has 0 aromatic carbocycles. The van der Waals surface area contributed by atoms with Gasteiger partial charge in [0.2, 0.25) is 0 Å². The number of hydrogen-bond acceptors (Lipinski definition) is 3. The maximum absolute atomic E-state index is 8.95. The van der Waals surface area contributed by atoms with Gasteiger partial charge in [-0.2, -0.15) is 0 Å². The second-order valence-electron chi connectivity index (χ2n) is 2.90. The van der Waals surface area contributed by atoms with Crippen molar-refractivity contribution in [2.75, 3.05) is 0 Å². The summed E-state index contributed by atoms with van der Waals surface area (Å²) in [7, 11) is 0. The monoisotopic (exact) mass is 184 g/mol. The first-order chi connectivity index (χ1) is 6.35. The highest BCUT2D eigenvalue weighted by molar-refractivity contribution is 5.55. The zero-order chi connectivity index (χ0) is 9.94. The van der Waals surface area contributed by atoms with E-state index in [1.165, 1.54) is 25.7 Å². The summed E-state index contributed by atoms with van der Waals surface area (Å²) in [6.45, 7) is 2.23. The second kappa shape index (κ2) is 8.97. The van der Waals surface area contributed by atoms with Crippen molar-refractivity contribution in [1.82, 2.24) is 0 Å². The summed E-state index contributed by atoms with van der Waals surface area (Å²) in [6.07, 6.45) is 10.3. The highest BCUT2D eigenvalue weighted by atomic mass is 16.6. The van der Waals surface area contributed by atoms with Gasteiger partial charge in [0.1, 0.15) is 0 Å². The molecule has 0 N–H and O–H groups in total. The molecular weight excluding hydrogens is 168 g/mol. The number of allylic oxidation sites excluding steroid dienone is 2. The standard InChI is InChI=1S/C8H14.C2H2O3/c1-2-5-8-6-3-4-7-8;3-1-5-2-4/h2,5,8H,3-4,6-7H2,1H3;1-2H/b5-2-;. The zero-order valence-electron chi connectivity index (χ0n) is 7.94. The van der Waals surface area contributed by atoms with Gasteiger partial charge >= 0.3 is 12.9 Å². The molecular formula is C10H16O3. The SMILES string of the molecule is C/C=C\C1CCCC1.O=COC=O. The van der Waals surface area contributed by atoms with Gasteiger partial charge in [-0.25, -0.2) is 0 Å². The van der Waals surface area contributed by atoms with E-state index >= 15 is 0 Å². The predicted octanol–water partition coefficient (Wildman–Crippen LogP) is 2.07. The number of rotatable bonds is 3. The molecule has 1 fully saturated rings. The van der Waals surface area contributed by atoms with Gasteiger partial charge in [-0.15, -0.1) is 0 Å². The average Bonchev–Trinajstić information content (AvgIpc) is 2.60. The predicted molar refractivity (Wildman–Crippen MR) is 50.0 cm³/mol. The smallest absolute Gasteiger partial charge is 0.300 e. The van der Waals surface area contributed by atoms with Gasteiger partial charge in [0.25, 0.3) is 0 Å². The summed E-state index contributed by atoms with van der Waals surface area (Å²) in [5.41, 5.74) is 0. The van der Waals surface area contributed by atoms with Crippen LogP contribution in [0.25, 0.3) is 0 Å². The molecule has 1 aliphatic rings.